The normalized spacial score (nSPS) is 14.7. The summed E-state index contributed by atoms with van der Waals surface area (Å²) >= 11 is 2.73. The molecular weight excluding hydrogens is 332 g/mol. The molecule has 1 amide bonds. The van der Waals surface area contributed by atoms with Crippen LogP contribution in [0.25, 0.3) is 0 Å². The van der Waals surface area contributed by atoms with E-state index in [0.29, 0.717) is 11.7 Å². The van der Waals surface area contributed by atoms with Gasteiger partial charge >= 0.3 is 4.87 Å². The zero-order valence-electron chi connectivity index (χ0n) is 13.3. The van der Waals surface area contributed by atoms with Gasteiger partial charge in [-0.1, -0.05) is 18.3 Å². The summed E-state index contributed by atoms with van der Waals surface area (Å²) in [5.74, 6) is -0.0963. The second-order valence-electron chi connectivity index (χ2n) is 5.60. The lowest BCUT2D eigenvalue weighted by atomic mass is 10.2. The molecule has 3 rings (SSSR count). The maximum atomic E-state index is 12.1. The monoisotopic (exact) mass is 352 g/mol. The number of thiazole rings is 2. The van der Waals surface area contributed by atoms with Crippen molar-refractivity contribution in [1.29, 1.82) is 0 Å². The van der Waals surface area contributed by atoms with Crippen molar-refractivity contribution in [3.63, 3.8) is 0 Å². The Morgan fingerprint density at radius 3 is 3.00 bits per heavy atom. The quantitative estimate of drug-likeness (QED) is 0.895. The molecule has 6 nitrogen and oxygen atoms in total. The fraction of sp³-hybridized carbons (Fsp3) is 0.533. The van der Waals surface area contributed by atoms with Crippen LogP contribution in [0.3, 0.4) is 0 Å². The molecule has 0 saturated carbocycles. The first-order chi connectivity index (χ1) is 11.1. The second-order valence-corrected chi connectivity index (χ2v) is 7.50. The van der Waals surface area contributed by atoms with Gasteiger partial charge in [0.1, 0.15) is 0 Å². The Balaban J connectivity index is 1.58. The van der Waals surface area contributed by atoms with Crippen LogP contribution in [0, 0.1) is 6.92 Å². The summed E-state index contributed by atoms with van der Waals surface area (Å²) in [5, 5.41) is 5.36. The smallest absolute Gasteiger partial charge is 0.303 e. The van der Waals surface area contributed by atoms with Crippen LogP contribution in [-0.4, -0.2) is 33.4 Å². The largest absolute Gasteiger partial charge is 0.307 e. The number of likely N-dealkylation sites (N-methyl/N-ethyl adjacent to an activating group) is 1. The van der Waals surface area contributed by atoms with Crippen molar-refractivity contribution in [3.05, 3.63) is 31.3 Å². The lowest BCUT2D eigenvalue weighted by Crippen LogP contribution is -2.29. The van der Waals surface area contributed by atoms with Gasteiger partial charge in [-0.3, -0.25) is 14.5 Å². The predicted molar refractivity (Wildman–Crippen MR) is 93.3 cm³/mol. The van der Waals surface area contributed by atoms with Crippen LogP contribution in [-0.2, 0) is 24.3 Å². The number of hydrogen-bond donors (Lipinski definition) is 1. The molecule has 2 aromatic heterocycles. The van der Waals surface area contributed by atoms with Crippen LogP contribution in [0.1, 0.15) is 29.6 Å². The molecule has 124 valence electrons. The Kier molecular flexibility index (Phi) is 4.93. The third-order valence-electron chi connectivity index (χ3n) is 4.04. The minimum absolute atomic E-state index is 0.0142. The number of aryl methyl sites for hydroxylation is 1. The van der Waals surface area contributed by atoms with Crippen molar-refractivity contribution in [2.24, 2.45) is 0 Å². The van der Waals surface area contributed by atoms with Crippen molar-refractivity contribution in [2.45, 2.75) is 39.8 Å². The summed E-state index contributed by atoms with van der Waals surface area (Å²) in [5.41, 5.74) is 2.01. The summed E-state index contributed by atoms with van der Waals surface area (Å²) < 4.78 is 1.64. The Hall–Kier alpha value is -1.51. The SMILES string of the molecule is CCN1CCc2nc(NC(=O)CCn3c(C)csc3=O)sc2C1. The second kappa shape index (κ2) is 6.94. The minimum Gasteiger partial charge on any atom is -0.303 e. The highest BCUT2D eigenvalue weighted by atomic mass is 32.1. The third kappa shape index (κ3) is 3.70. The van der Waals surface area contributed by atoms with Crippen LogP contribution >= 0.6 is 22.7 Å². The molecule has 0 unspecified atom stereocenters. The number of amides is 1. The molecule has 3 heterocycles. The topological polar surface area (TPSA) is 67.2 Å². The minimum atomic E-state index is -0.0963. The van der Waals surface area contributed by atoms with E-state index >= 15 is 0 Å². The summed E-state index contributed by atoms with van der Waals surface area (Å²) in [7, 11) is 0. The van der Waals surface area contributed by atoms with Crippen LogP contribution < -0.4 is 10.2 Å². The van der Waals surface area contributed by atoms with E-state index in [0.717, 1.165) is 37.4 Å². The number of nitrogens with zero attached hydrogens (tertiary/aromatic N) is 3. The van der Waals surface area contributed by atoms with Gasteiger partial charge in [-0.05, 0) is 13.5 Å². The maximum Gasteiger partial charge on any atom is 0.307 e. The summed E-state index contributed by atoms with van der Waals surface area (Å²) in [6.45, 7) is 7.43. The van der Waals surface area contributed by atoms with Gasteiger partial charge in [0.2, 0.25) is 5.91 Å². The van der Waals surface area contributed by atoms with Gasteiger partial charge in [-0.15, -0.1) is 11.3 Å². The fourth-order valence-corrected chi connectivity index (χ4v) is 4.47. The number of carbonyl (C=O) groups excluding carboxylic acids is 1. The summed E-state index contributed by atoms with van der Waals surface area (Å²) in [4.78, 5) is 31.9. The lowest BCUT2D eigenvalue weighted by molar-refractivity contribution is -0.116. The first-order valence-corrected chi connectivity index (χ1v) is 9.42. The van der Waals surface area contributed by atoms with Crippen LogP contribution in [0.2, 0.25) is 0 Å². The van der Waals surface area contributed by atoms with E-state index < -0.39 is 0 Å². The molecule has 0 saturated heterocycles. The number of hydrogen-bond acceptors (Lipinski definition) is 6. The van der Waals surface area contributed by atoms with Gasteiger partial charge in [-0.25, -0.2) is 4.98 Å². The van der Waals surface area contributed by atoms with E-state index in [1.54, 1.807) is 15.9 Å². The Labute approximate surface area is 142 Å². The number of fused-ring (bicyclic) bond motifs is 1. The van der Waals surface area contributed by atoms with Gasteiger partial charge in [0.05, 0.1) is 5.69 Å². The van der Waals surface area contributed by atoms with Crippen LogP contribution in [0.4, 0.5) is 5.13 Å². The van der Waals surface area contributed by atoms with Crippen molar-refractivity contribution in [3.8, 4) is 0 Å². The molecule has 0 bridgehead atoms. The highest BCUT2D eigenvalue weighted by Crippen LogP contribution is 2.28. The Morgan fingerprint density at radius 2 is 2.30 bits per heavy atom. The van der Waals surface area contributed by atoms with E-state index in [2.05, 4.69) is 22.1 Å². The zero-order valence-corrected chi connectivity index (χ0v) is 14.9. The first kappa shape index (κ1) is 16.4. The van der Waals surface area contributed by atoms with E-state index in [-0.39, 0.29) is 17.2 Å². The van der Waals surface area contributed by atoms with Crippen molar-refractivity contribution < 1.29 is 4.79 Å². The predicted octanol–water partition coefficient (Wildman–Crippen LogP) is 2.08. The standard InChI is InChI=1S/C15H20N4O2S2/c1-3-18-6-4-11-12(8-18)23-14(16-11)17-13(20)5-7-19-10(2)9-22-15(19)21/h9H,3-8H2,1-2H3,(H,16,17,20). The summed E-state index contributed by atoms with van der Waals surface area (Å²) in [6.07, 6.45) is 1.22. The number of aromatic nitrogens is 2. The number of rotatable bonds is 5. The zero-order chi connectivity index (χ0) is 16.4. The molecular formula is C15H20N4O2S2. The molecule has 0 aromatic carbocycles. The van der Waals surface area contributed by atoms with Gasteiger partial charge in [0, 0.05) is 48.4 Å². The molecule has 8 heteroatoms. The number of carbonyl (C=O) groups is 1. The van der Waals surface area contributed by atoms with Crippen molar-refractivity contribution >= 4 is 33.7 Å². The Morgan fingerprint density at radius 1 is 1.48 bits per heavy atom. The molecule has 0 fully saturated rings. The van der Waals surface area contributed by atoms with Crippen molar-refractivity contribution in [1.82, 2.24) is 14.5 Å². The van der Waals surface area contributed by atoms with E-state index in [9.17, 15) is 9.59 Å². The molecule has 1 N–H and O–H groups in total. The Bertz CT molecular complexity index is 762. The molecule has 1 aliphatic heterocycles. The van der Waals surface area contributed by atoms with Crippen LogP contribution in [0.5, 0.6) is 0 Å². The molecule has 0 spiro atoms. The highest BCUT2D eigenvalue weighted by Gasteiger charge is 2.20. The molecule has 2 aromatic rings. The van der Waals surface area contributed by atoms with Gasteiger partial charge in [-0.2, -0.15) is 0 Å². The van der Waals surface area contributed by atoms with Gasteiger partial charge in [0.15, 0.2) is 5.13 Å². The van der Waals surface area contributed by atoms with E-state index in [1.807, 2.05) is 12.3 Å². The molecule has 0 aliphatic carbocycles. The van der Waals surface area contributed by atoms with Crippen LogP contribution in [0.15, 0.2) is 10.2 Å². The van der Waals surface area contributed by atoms with E-state index in [4.69, 9.17) is 0 Å². The number of anilines is 1. The molecule has 0 atom stereocenters. The first-order valence-electron chi connectivity index (χ1n) is 7.72. The van der Waals surface area contributed by atoms with Gasteiger partial charge in [0.25, 0.3) is 0 Å². The lowest BCUT2D eigenvalue weighted by Gasteiger charge is -2.23. The highest BCUT2D eigenvalue weighted by molar-refractivity contribution is 7.15. The summed E-state index contributed by atoms with van der Waals surface area (Å²) in [6, 6.07) is 0. The molecule has 23 heavy (non-hydrogen) atoms. The molecule has 0 radical (unpaired) electrons. The van der Waals surface area contributed by atoms with Crippen molar-refractivity contribution in [2.75, 3.05) is 18.4 Å². The fourth-order valence-electron chi connectivity index (χ4n) is 2.64. The van der Waals surface area contributed by atoms with Gasteiger partial charge < -0.3 is 9.88 Å². The van der Waals surface area contributed by atoms with E-state index in [1.165, 1.54) is 16.2 Å². The number of nitrogens with one attached hydrogen (secondary N) is 1. The maximum absolute atomic E-state index is 12.1. The molecule has 1 aliphatic rings. The average molecular weight is 352 g/mol. The third-order valence-corrected chi connectivity index (χ3v) is 5.92. The average Bonchev–Trinajstić information content (AvgIpc) is 3.07.